The molecule has 2 heterocycles. The van der Waals surface area contributed by atoms with E-state index in [2.05, 4.69) is 0 Å². The van der Waals surface area contributed by atoms with Crippen LogP contribution >= 0.6 is 11.6 Å². The number of carbonyl (C=O) groups excluding carboxylic acids is 2. The number of piperidine rings is 1. The molecule has 33 heavy (non-hydrogen) atoms. The second-order valence-electron chi connectivity index (χ2n) is 10.9. The van der Waals surface area contributed by atoms with E-state index in [1.54, 1.807) is 35.0 Å². The molecule has 0 saturated carbocycles. The van der Waals surface area contributed by atoms with Crippen molar-refractivity contribution >= 4 is 36.2 Å². The Morgan fingerprint density at radius 1 is 1.12 bits per heavy atom. The average Bonchev–Trinajstić information content (AvgIpc) is 2.92. The lowest BCUT2D eigenvalue weighted by atomic mass is 9.78. The third-order valence-corrected chi connectivity index (χ3v) is 7.07. The fourth-order valence-corrected chi connectivity index (χ4v) is 4.22. The van der Waals surface area contributed by atoms with Crippen LogP contribution in [0.25, 0.3) is 0 Å². The molecule has 1 aromatic rings. The predicted octanol–water partition coefficient (Wildman–Crippen LogP) is 4.11. The van der Waals surface area contributed by atoms with Gasteiger partial charge in [-0.05, 0) is 73.4 Å². The number of ether oxygens (including phenoxy) is 1. The third kappa shape index (κ3) is 5.66. The number of hydrogen-bond acceptors (Lipinski definition) is 5. The van der Waals surface area contributed by atoms with E-state index in [0.717, 1.165) is 0 Å². The number of hydrogen-bond donors (Lipinski definition) is 0. The lowest BCUT2D eigenvalue weighted by Gasteiger charge is -2.37. The Hall–Kier alpha value is -1.77. The maximum absolute atomic E-state index is 13.1. The van der Waals surface area contributed by atoms with Gasteiger partial charge in [-0.2, -0.15) is 0 Å². The summed E-state index contributed by atoms with van der Waals surface area (Å²) in [5.74, 6) is -0.104. The van der Waals surface area contributed by atoms with Crippen molar-refractivity contribution in [1.82, 2.24) is 9.80 Å². The number of rotatable bonds is 3. The summed E-state index contributed by atoms with van der Waals surface area (Å²) in [6.07, 6.45) is 1.09. The Kier molecular flexibility index (Phi) is 7.14. The van der Waals surface area contributed by atoms with Crippen LogP contribution in [-0.2, 0) is 14.0 Å². The average molecular weight is 479 g/mol. The quantitative estimate of drug-likeness (QED) is 0.612. The number of benzene rings is 1. The standard InChI is InChI=1S/C24H36BClN2O5/c1-22(2,3)31-21(30)28-13-11-17(12-14-28)27(8)20(29)16-9-10-18(19(26)15-16)25-32-23(4,5)24(6,7)33-25/h9-10,15,17H,11-14H2,1-8H3. The second kappa shape index (κ2) is 9.12. The topological polar surface area (TPSA) is 68.3 Å². The summed E-state index contributed by atoms with van der Waals surface area (Å²) in [6, 6.07) is 5.28. The Morgan fingerprint density at radius 3 is 2.15 bits per heavy atom. The maximum atomic E-state index is 13.1. The van der Waals surface area contributed by atoms with Crippen LogP contribution in [0.5, 0.6) is 0 Å². The van der Waals surface area contributed by atoms with Gasteiger partial charge in [0.05, 0.1) is 11.2 Å². The van der Waals surface area contributed by atoms with Gasteiger partial charge in [0.25, 0.3) is 5.91 Å². The maximum Gasteiger partial charge on any atom is 0.496 e. The van der Waals surface area contributed by atoms with Gasteiger partial charge >= 0.3 is 13.2 Å². The largest absolute Gasteiger partial charge is 0.496 e. The molecule has 7 nitrogen and oxygen atoms in total. The van der Waals surface area contributed by atoms with Gasteiger partial charge in [-0.3, -0.25) is 4.79 Å². The van der Waals surface area contributed by atoms with Crippen molar-refractivity contribution in [3.63, 3.8) is 0 Å². The SMILES string of the molecule is CN(C(=O)c1ccc(B2OC(C)(C)C(C)(C)O2)c(Cl)c1)C1CCN(C(=O)OC(C)(C)C)CC1. The molecule has 2 aliphatic heterocycles. The first kappa shape index (κ1) is 25.9. The van der Waals surface area contributed by atoms with Gasteiger partial charge in [-0.1, -0.05) is 17.7 Å². The zero-order valence-corrected chi connectivity index (χ0v) is 21.8. The van der Waals surface area contributed by atoms with Gasteiger partial charge in [-0.25, -0.2) is 4.79 Å². The molecule has 0 bridgehead atoms. The molecule has 2 aliphatic rings. The second-order valence-corrected chi connectivity index (χ2v) is 11.3. The summed E-state index contributed by atoms with van der Waals surface area (Å²) in [6.45, 7) is 14.6. The van der Waals surface area contributed by atoms with Gasteiger partial charge in [0.15, 0.2) is 0 Å². The van der Waals surface area contributed by atoms with Crippen LogP contribution in [0, 0.1) is 0 Å². The molecule has 1 aromatic carbocycles. The lowest BCUT2D eigenvalue weighted by Crippen LogP contribution is -2.48. The zero-order valence-electron chi connectivity index (χ0n) is 21.0. The van der Waals surface area contributed by atoms with E-state index in [-0.39, 0.29) is 18.0 Å². The first-order valence-electron chi connectivity index (χ1n) is 11.5. The molecule has 2 fully saturated rings. The van der Waals surface area contributed by atoms with Crippen molar-refractivity contribution in [2.45, 2.75) is 84.2 Å². The van der Waals surface area contributed by atoms with E-state index in [1.807, 2.05) is 48.5 Å². The smallest absolute Gasteiger partial charge is 0.444 e. The Balaban J connectivity index is 1.63. The molecule has 3 rings (SSSR count). The number of nitrogens with zero attached hydrogens (tertiary/aromatic N) is 2. The highest BCUT2D eigenvalue weighted by molar-refractivity contribution is 6.65. The summed E-state index contributed by atoms with van der Waals surface area (Å²) in [5.41, 5.74) is -0.238. The molecule has 2 saturated heterocycles. The fourth-order valence-electron chi connectivity index (χ4n) is 3.95. The van der Waals surface area contributed by atoms with E-state index < -0.39 is 23.9 Å². The van der Waals surface area contributed by atoms with Crippen molar-refractivity contribution < 1.29 is 23.6 Å². The van der Waals surface area contributed by atoms with Crippen LogP contribution in [-0.4, -0.2) is 71.9 Å². The molecule has 0 N–H and O–H groups in total. The number of halogens is 1. The number of carbonyl (C=O) groups is 2. The molecular weight excluding hydrogens is 443 g/mol. The van der Waals surface area contributed by atoms with Crippen LogP contribution in [0.15, 0.2) is 18.2 Å². The van der Waals surface area contributed by atoms with Gasteiger partial charge in [0, 0.05) is 42.2 Å². The normalized spacial score (nSPS) is 20.6. The zero-order chi connectivity index (χ0) is 24.8. The minimum atomic E-state index is -0.582. The molecule has 0 spiro atoms. The van der Waals surface area contributed by atoms with Crippen LogP contribution < -0.4 is 5.46 Å². The molecular formula is C24H36BClN2O5. The Morgan fingerprint density at radius 2 is 1.67 bits per heavy atom. The lowest BCUT2D eigenvalue weighted by molar-refractivity contribution is 0.00578. The van der Waals surface area contributed by atoms with E-state index in [9.17, 15) is 9.59 Å². The van der Waals surface area contributed by atoms with Gasteiger partial charge in [-0.15, -0.1) is 0 Å². The van der Waals surface area contributed by atoms with E-state index in [1.165, 1.54) is 0 Å². The molecule has 0 aliphatic carbocycles. The fraction of sp³-hybridized carbons (Fsp3) is 0.667. The number of likely N-dealkylation sites (tertiary alicyclic amines) is 1. The summed E-state index contributed by atoms with van der Waals surface area (Å²) in [4.78, 5) is 28.9. The molecule has 182 valence electrons. The van der Waals surface area contributed by atoms with Crippen molar-refractivity contribution in [2.24, 2.45) is 0 Å². The van der Waals surface area contributed by atoms with E-state index >= 15 is 0 Å². The summed E-state index contributed by atoms with van der Waals surface area (Å²) < 4.78 is 17.6. The van der Waals surface area contributed by atoms with Crippen molar-refractivity contribution in [2.75, 3.05) is 20.1 Å². The minimum absolute atomic E-state index is 0.0396. The highest BCUT2D eigenvalue weighted by Crippen LogP contribution is 2.37. The van der Waals surface area contributed by atoms with Crippen LogP contribution in [0.1, 0.15) is 71.7 Å². The van der Waals surface area contributed by atoms with E-state index in [4.69, 9.17) is 25.6 Å². The minimum Gasteiger partial charge on any atom is -0.444 e. The Labute approximate surface area is 202 Å². The van der Waals surface area contributed by atoms with E-state index in [0.29, 0.717) is 42.0 Å². The first-order chi connectivity index (χ1) is 15.1. The van der Waals surface area contributed by atoms with Gasteiger partial charge in [0.2, 0.25) is 0 Å². The summed E-state index contributed by atoms with van der Waals surface area (Å²) in [5, 5.41) is 0.437. The number of amides is 2. The highest BCUT2D eigenvalue weighted by Gasteiger charge is 2.52. The molecule has 9 heteroatoms. The Bertz CT molecular complexity index is 891. The molecule has 2 amide bonds. The highest BCUT2D eigenvalue weighted by atomic mass is 35.5. The van der Waals surface area contributed by atoms with Crippen molar-refractivity contribution in [3.8, 4) is 0 Å². The molecule has 0 radical (unpaired) electrons. The van der Waals surface area contributed by atoms with Gasteiger partial charge in [0.1, 0.15) is 5.60 Å². The van der Waals surface area contributed by atoms with Crippen LogP contribution in [0.4, 0.5) is 4.79 Å². The van der Waals surface area contributed by atoms with Gasteiger partial charge < -0.3 is 23.8 Å². The van der Waals surface area contributed by atoms with Crippen LogP contribution in [0.3, 0.4) is 0 Å². The monoisotopic (exact) mass is 478 g/mol. The third-order valence-electron chi connectivity index (χ3n) is 6.74. The predicted molar refractivity (Wildman–Crippen MR) is 130 cm³/mol. The molecule has 0 atom stereocenters. The molecule has 0 aromatic heterocycles. The van der Waals surface area contributed by atoms with Crippen molar-refractivity contribution in [3.05, 3.63) is 28.8 Å². The van der Waals surface area contributed by atoms with Crippen LogP contribution in [0.2, 0.25) is 5.02 Å². The van der Waals surface area contributed by atoms with Crippen molar-refractivity contribution in [1.29, 1.82) is 0 Å². The molecule has 0 unspecified atom stereocenters. The summed E-state index contributed by atoms with van der Waals surface area (Å²) >= 11 is 6.55. The first-order valence-corrected chi connectivity index (χ1v) is 11.9. The summed E-state index contributed by atoms with van der Waals surface area (Å²) in [7, 11) is 1.22.